The number of sulfonamides is 1. The van der Waals surface area contributed by atoms with Crippen molar-refractivity contribution in [2.75, 3.05) is 6.54 Å². The van der Waals surface area contributed by atoms with E-state index in [1.807, 2.05) is 5.10 Å². The maximum Gasteiger partial charge on any atom is 0.434 e. The quantitative estimate of drug-likeness (QED) is 0.427. The van der Waals surface area contributed by atoms with Crippen LogP contribution in [0.5, 0.6) is 0 Å². The largest absolute Gasteiger partial charge is 0.434 e. The number of rotatable bonds is 7. The highest BCUT2D eigenvalue weighted by Crippen LogP contribution is 2.57. The normalized spacial score (nSPS) is 23.5. The van der Waals surface area contributed by atoms with Gasteiger partial charge in [-0.3, -0.25) is 0 Å². The summed E-state index contributed by atoms with van der Waals surface area (Å²) in [5, 5.41) is 4.66. The van der Waals surface area contributed by atoms with Crippen molar-refractivity contribution in [3.05, 3.63) is 87.8 Å². The molecule has 4 rings (SSSR count). The number of aromatic amines is 1. The van der Waals surface area contributed by atoms with E-state index in [4.69, 9.17) is 4.42 Å². The predicted octanol–water partition coefficient (Wildman–Crippen LogP) is 4.34. The first-order valence-electron chi connectivity index (χ1n) is 11.3. The zero-order chi connectivity index (χ0) is 26.3. The molecule has 1 aromatic heterocycles. The summed E-state index contributed by atoms with van der Waals surface area (Å²) in [5.41, 5.74) is -2.02. The lowest BCUT2D eigenvalue weighted by atomic mass is 9.61. The summed E-state index contributed by atoms with van der Waals surface area (Å²) in [6.07, 6.45) is 5.56. The summed E-state index contributed by atoms with van der Waals surface area (Å²) >= 11 is 0. The van der Waals surface area contributed by atoms with E-state index in [1.54, 1.807) is 25.2 Å². The summed E-state index contributed by atoms with van der Waals surface area (Å²) in [7, 11) is -3.91. The Bertz CT molecular complexity index is 1390. The van der Waals surface area contributed by atoms with Gasteiger partial charge in [-0.2, -0.15) is 4.31 Å². The van der Waals surface area contributed by atoms with E-state index in [1.165, 1.54) is 6.08 Å². The molecule has 1 aromatic carbocycles. The number of H-pyrrole nitrogens is 1. The molecule has 1 saturated heterocycles. The Hall–Kier alpha value is -2.99. The van der Waals surface area contributed by atoms with Crippen LogP contribution in [-0.4, -0.2) is 40.6 Å². The van der Waals surface area contributed by atoms with Crippen LogP contribution in [0.15, 0.2) is 57.8 Å². The summed E-state index contributed by atoms with van der Waals surface area (Å²) < 4.78 is 90.7. The third-order valence-electron chi connectivity index (χ3n) is 6.65. The van der Waals surface area contributed by atoms with Gasteiger partial charge in [0.15, 0.2) is 0 Å². The first kappa shape index (κ1) is 26.1. The van der Waals surface area contributed by atoms with Crippen LogP contribution >= 0.6 is 0 Å². The fourth-order valence-electron chi connectivity index (χ4n) is 4.92. The minimum Gasteiger partial charge on any atom is -0.391 e. The molecule has 1 aliphatic heterocycles. The van der Waals surface area contributed by atoms with Gasteiger partial charge in [0, 0.05) is 37.1 Å². The SMILES string of the molecule is C=C/C(=C\C=C/C)[C@H]1CCCN(Cc2cc(F)c(C3(c4n[nH]c(=O)o4)CC(F)(F)C3)cc2F)S1(=O)=O. The molecule has 194 valence electrons. The number of nitrogens with zero attached hydrogens (tertiary/aromatic N) is 2. The van der Waals surface area contributed by atoms with Crippen molar-refractivity contribution >= 4 is 10.0 Å². The third-order valence-corrected chi connectivity index (χ3v) is 8.91. The fourth-order valence-corrected chi connectivity index (χ4v) is 6.97. The molecule has 0 bridgehead atoms. The molecule has 0 amide bonds. The molecule has 2 fully saturated rings. The van der Waals surface area contributed by atoms with Crippen molar-refractivity contribution in [1.29, 1.82) is 0 Å². The molecule has 0 radical (unpaired) electrons. The molecular formula is C24H25F4N3O4S. The number of nitrogens with one attached hydrogen (secondary N) is 1. The molecule has 1 N–H and O–H groups in total. The average molecular weight is 528 g/mol. The van der Waals surface area contributed by atoms with E-state index in [0.717, 1.165) is 16.4 Å². The number of hydrogen-bond acceptors (Lipinski definition) is 5. The van der Waals surface area contributed by atoms with Crippen LogP contribution in [0.1, 0.15) is 49.6 Å². The van der Waals surface area contributed by atoms with E-state index >= 15 is 8.78 Å². The van der Waals surface area contributed by atoms with Crippen molar-refractivity contribution < 1.29 is 30.4 Å². The zero-order valence-electron chi connectivity index (χ0n) is 19.4. The van der Waals surface area contributed by atoms with E-state index in [-0.39, 0.29) is 12.1 Å². The Kier molecular flexibility index (Phi) is 6.86. The van der Waals surface area contributed by atoms with Gasteiger partial charge in [0.1, 0.15) is 16.9 Å². The highest BCUT2D eigenvalue weighted by atomic mass is 32.2. The maximum atomic E-state index is 15.3. The molecule has 0 unspecified atom stereocenters. The number of alkyl halides is 2. The molecule has 12 heteroatoms. The van der Waals surface area contributed by atoms with E-state index < -0.39 is 74.8 Å². The summed E-state index contributed by atoms with van der Waals surface area (Å²) in [5.74, 6) is -6.65. The molecule has 36 heavy (non-hydrogen) atoms. The highest BCUT2D eigenvalue weighted by molar-refractivity contribution is 7.90. The number of halogens is 4. The Labute approximate surface area is 205 Å². The van der Waals surface area contributed by atoms with Crippen molar-refractivity contribution in [2.45, 2.75) is 55.7 Å². The molecule has 7 nitrogen and oxygen atoms in total. The second-order valence-electron chi connectivity index (χ2n) is 9.04. The molecule has 1 atom stereocenters. The lowest BCUT2D eigenvalue weighted by molar-refractivity contribution is -0.121. The van der Waals surface area contributed by atoms with Crippen molar-refractivity contribution in [1.82, 2.24) is 14.5 Å². The van der Waals surface area contributed by atoms with Gasteiger partial charge in [-0.1, -0.05) is 30.9 Å². The van der Waals surface area contributed by atoms with Crippen LogP contribution in [-0.2, 0) is 22.0 Å². The van der Waals surface area contributed by atoms with Gasteiger partial charge in [0.25, 0.3) is 5.92 Å². The van der Waals surface area contributed by atoms with Crippen LogP contribution in [0.25, 0.3) is 0 Å². The minimum atomic E-state index is -3.91. The Morgan fingerprint density at radius 2 is 2.03 bits per heavy atom. The summed E-state index contributed by atoms with van der Waals surface area (Å²) in [6, 6.07) is 1.56. The molecule has 2 aromatic rings. The number of aromatic nitrogens is 2. The maximum absolute atomic E-state index is 15.3. The number of hydrogen-bond donors (Lipinski definition) is 1. The lowest BCUT2D eigenvalue weighted by Crippen LogP contribution is -2.51. The topological polar surface area (TPSA) is 96.3 Å². The molecular weight excluding hydrogens is 502 g/mol. The standard InChI is InChI=1S/C24H25F4N3O4S/c1-3-5-7-15(4-2)20-8-6-9-31(36(20,33)34)12-16-10-19(26)17(11-18(16)25)23(13-24(27,28)14-23)21-29-30-22(32)35-21/h3-5,7,10-11,20H,2,6,8-9,12-14H2,1H3,(H,30,32)/b5-3-,15-7+/t20-/m1/s1. The molecule has 2 aliphatic rings. The molecule has 1 saturated carbocycles. The Morgan fingerprint density at radius 1 is 1.31 bits per heavy atom. The van der Waals surface area contributed by atoms with Crippen LogP contribution in [0, 0.1) is 11.6 Å². The van der Waals surface area contributed by atoms with Crippen molar-refractivity contribution in [2.24, 2.45) is 0 Å². The first-order chi connectivity index (χ1) is 16.9. The van der Waals surface area contributed by atoms with E-state index in [0.29, 0.717) is 18.4 Å². The fraction of sp³-hybridized carbons (Fsp3) is 0.417. The molecule has 1 aliphatic carbocycles. The summed E-state index contributed by atoms with van der Waals surface area (Å²) in [4.78, 5) is 11.4. The number of allylic oxidation sites excluding steroid dienone is 4. The summed E-state index contributed by atoms with van der Waals surface area (Å²) in [6.45, 7) is 5.16. The van der Waals surface area contributed by atoms with Gasteiger partial charge in [-0.25, -0.2) is 35.9 Å². The highest BCUT2D eigenvalue weighted by Gasteiger charge is 2.62. The second kappa shape index (κ2) is 9.47. The first-order valence-corrected chi connectivity index (χ1v) is 12.8. The predicted molar refractivity (Wildman–Crippen MR) is 124 cm³/mol. The van der Waals surface area contributed by atoms with Gasteiger partial charge in [-0.15, -0.1) is 5.10 Å². The van der Waals surface area contributed by atoms with Crippen LogP contribution in [0.2, 0.25) is 0 Å². The van der Waals surface area contributed by atoms with Gasteiger partial charge in [0.2, 0.25) is 15.9 Å². The van der Waals surface area contributed by atoms with Crippen molar-refractivity contribution in [3.63, 3.8) is 0 Å². The van der Waals surface area contributed by atoms with Gasteiger partial charge < -0.3 is 4.42 Å². The van der Waals surface area contributed by atoms with Gasteiger partial charge in [-0.05, 0) is 37.5 Å². The molecule has 2 heterocycles. The Balaban J connectivity index is 1.67. The zero-order valence-corrected chi connectivity index (χ0v) is 20.3. The van der Waals surface area contributed by atoms with Crippen LogP contribution in [0.3, 0.4) is 0 Å². The van der Waals surface area contributed by atoms with E-state index in [2.05, 4.69) is 11.7 Å². The Morgan fingerprint density at radius 3 is 2.61 bits per heavy atom. The van der Waals surface area contributed by atoms with Crippen LogP contribution < -0.4 is 5.76 Å². The minimum absolute atomic E-state index is 0.115. The van der Waals surface area contributed by atoms with Gasteiger partial charge >= 0.3 is 5.76 Å². The van der Waals surface area contributed by atoms with Crippen LogP contribution in [0.4, 0.5) is 17.6 Å². The lowest BCUT2D eigenvalue weighted by Gasteiger charge is -2.45. The third kappa shape index (κ3) is 4.59. The van der Waals surface area contributed by atoms with E-state index in [9.17, 15) is 22.0 Å². The van der Waals surface area contributed by atoms with Gasteiger partial charge in [0.05, 0.1) is 5.41 Å². The smallest absolute Gasteiger partial charge is 0.391 e. The van der Waals surface area contributed by atoms with Crippen molar-refractivity contribution in [3.8, 4) is 0 Å². The monoisotopic (exact) mass is 527 g/mol. The molecule has 0 spiro atoms. The number of benzene rings is 1. The average Bonchev–Trinajstić information content (AvgIpc) is 3.23. The second-order valence-corrected chi connectivity index (χ2v) is 11.2.